The molecule has 1 aliphatic heterocycles. The second kappa shape index (κ2) is 12.4. The van der Waals surface area contributed by atoms with Gasteiger partial charge in [0.25, 0.3) is 17.1 Å². The highest BCUT2D eigenvalue weighted by Gasteiger charge is 2.35. The summed E-state index contributed by atoms with van der Waals surface area (Å²) in [7, 11) is 0. The van der Waals surface area contributed by atoms with Crippen molar-refractivity contribution >= 4 is 63.8 Å². The van der Waals surface area contributed by atoms with Gasteiger partial charge in [0.15, 0.2) is 18.1 Å². The number of anilines is 1. The van der Waals surface area contributed by atoms with E-state index in [1.807, 2.05) is 32.0 Å². The van der Waals surface area contributed by atoms with Crippen LogP contribution in [0.1, 0.15) is 23.6 Å². The van der Waals surface area contributed by atoms with E-state index in [0.717, 1.165) is 22.2 Å². The first-order chi connectivity index (χ1) is 18.2. The van der Waals surface area contributed by atoms with Gasteiger partial charge in [0, 0.05) is 15.7 Å². The van der Waals surface area contributed by atoms with Crippen molar-refractivity contribution in [3.05, 3.63) is 92.3 Å². The lowest BCUT2D eigenvalue weighted by molar-refractivity contribution is -0.123. The monoisotopic (exact) mass is 570 g/mol. The molecule has 1 saturated heterocycles. The number of nitrogens with zero attached hydrogens (tertiary/aromatic N) is 1. The van der Waals surface area contributed by atoms with Crippen LogP contribution in [0.3, 0.4) is 0 Å². The number of thioether (sulfide) groups is 1. The SMILES string of the molecule is CCOc1cc(/C=C2\SC(=O)N(Cc3ccc(Cl)cc3Cl)C2=O)ccc1OCC(=O)Nc1cccc(C)c1. The maximum atomic E-state index is 13.0. The number of imide groups is 1. The van der Waals surface area contributed by atoms with Crippen LogP contribution in [0.5, 0.6) is 11.5 Å². The molecule has 1 heterocycles. The van der Waals surface area contributed by atoms with Crippen LogP contribution in [0.2, 0.25) is 10.0 Å². The lowest BCUT2D eigenvalue weighted by Crippen LogP contribution is -2.27. The predicted octanol–water partition coefficient (Wildman–Crippen LogP) is 6.95. The summed E-state index contributed by atoms with van der Waals surface area (Å²) in [6, 6.07) is 17.5. The zero-order chi connectivity index (χ0) is 27.2. The normalized spacial score (nSPS) is 14.2. The number of nitrogens with one attached hydrogen (secondary N) is 1. The molecular weight excluding hydrogens is 547 g/mol. The van der Waals surface area contributed by atoms with E-state index in [2.05, 4.69) is 5.32 Å². The van der Waals surface area contributed by atoms with Gasteiger partial charge in [-0.25, -0.2) is 0 Å². The van der Waals surface area contributed by atoms with Crippen molar-refractivity contribution in [3.63, 3.8) is 0 Å². The second-order valence-corrected chi connectivity index (χ2v) is 10.2. The summed E-state index contributed by atoms with van der Waals surface area (Å²) < 4.78 is 11.4. The van der Waals surface area contributed by atoms with E-state index >= 15 is 0 Å². The molecule has 0 bridgehead atoms. The van der Waals surface area contributed by atoms with E-state index < -0.39 is 11.1 Å². The summed E-state index contributed by atoms with van der Waals surface area (Å²) in [6.45, 7) is 3.97. The van der Waals surface area contributed by atoms with Crippen LogP contribution >= 0.6 is 35.0 Å². The Morgan fingerprint density at radius 2 is 1.84 bits per heavy atom. The largest absolute Gasteiger partial charge is 0.490 e. The van der Waals surface area contributed by atoms with Gasteiger partial charge in [0.2, 0.25) is 0 Å². The molecule has 0 saturated carbocycles. The van der Waals surface area contributed by atoms with Crippen molar-refractivity contribution in [2.45, 2.75) is 20.4 Å². The third-order valence-corrected chi connectivity index (χ3v) is 6.94. The molecule has 0 aromatic heterocycles. The molecule has 196 valence electrons. The molecule has 3 aromatic carbocycles. The number of benzene rings is 3. The molecule has 1 fully saturated rings. The molecule has 7 nitrogen and oxygen atoms in total. The quantitative estimate of drug-likeness (QED) is 0.280. The van der Waals surface area contributed by atoms with E-state index in [1.165, 1.54) is 0 Å². The van der Waals surface area contributed by atoms with Crippen molar-refractivity contribution in [2.75, 3.05) is 18.5 Å². The van der Waals surface area contributed by atoms with Crippen LogP contribution in [-0.2, 0) is 16.1 Å². The lowest BCUT2D eigenvalue weighted by atomic mass is 10.1. The first-order valence-electron chi connectivity index (χ1n) is 11.7. The average molecular weight is 571 g/mol. The van der Waals surface area contributed by atoms with E-state index in [-0.39, 0.29) is 24.0 Å². The Labute approximate surface area is 234 Å². The van der Waals surface area contributed by atoms with Crippen molar-refractivity contribution in [1.82, 2.24) is 4.90 Å². The third kappa shape index (κ3) is 6.89. The number of carbonyl (C=O) groups excluding carboxylic acids is 3. The third-order valence-electron chi connectivity index (χ3n) is 5.44. The van der Waals surface area contributed by atoms with Gasteiger partial charge in [-0.15, -0.1) is 0 Å². The number of amides is 3. The average Bonchev–Trinajstić information content (AvgIpc) is 3.12. The zero-order valence-corrected chi connectivity index (χ0v) is 23.0. The zero-order valence-electron chi connectivity index (χ0n) is 20.6. The molecule has 0 spiro atoms. The predicted molar refractivity (Wildman–Crippen MR) is 151 cm³/mol. The molecule has 3 amide bonds. The van der Waals surface area contributed by atoms with Gasteiger partial charge in [-0.3, -0.25) is 19.3 Å². The van der Waals surface area contributed by atoms with Crippen LogP contribution in [0.25, 0.3) is 6.08 Å². The molecule has 10 heteroatoms. The minimum absolute atomic E-state index is 0.0413. The topological polar surface area (TPSA) is 84.9 Å². The summed E-state index contributed by atoms with van der Waals surface area (Å²) in [4.78, 5) is 39.3. The van der Waals surface area contributed by atoms with Gasteiger partial charge < -0.3 is 14.8 Å². The molecule has 0 radical (unpaired) electrons. The number of hydrogen-bond acceptors (Lipinski definition) is 6. The Kier molecular flexibility index (Phi) is 8.99. The molecule has 3 aromatic rings. The van der Waals surface area contributed by atoms with Gasteiger partial charge in [-0.1, -0.05) is 47.5 Å². The van der Waals surface area contributed by atoms with Crippen LogP contribution < -0.4 is 14.8 Å². The van der Waals surface area contributed by atoms with Crippen molar-refractivity contribution in [2.24, 2.45) is 0 Å². The Balaban J connectivity index is 1.45. The number of hydrogen-bond donors (Lipinski definition) is 1. The van der Waals surface area contributed by atoms with Crippen LogP contribution in [0.15, 0.2) is 65.6 Å². The van der Waals surface area contributed by atoms with Gasteiger partial charge in [-0.05, 0) is 84.8 Å². The maximum Gasteiger partial charge on any atom is 0.293 e. The Bertz CT molecular complexity index is 1430. The fraction of sp³-hybridized carbons (Fsp3) is 0.179. The second-order valence-electron chi connectivity index (χ2n) is 8.35. The number of ether oxygens (including phenoxy) is 2. The van der Waals surface area contributed by atoms with Crippen molar-refractivity contribution < 1.29 is 23.9 Å². The number of rotatable bonds is 9. The minimum atomic E-state index is -0.419. The van der Waals surface area contributed by atoms with Crippen LogP contribution in [0.4, 0.5) is 10.5 Å². The highest BCUT2D eigenvalue weighted by atomic mass is 35.5. The standard InChI is InChI=1S/C28H24Cl2N2O5S/c1-3-36-24-12-18(7-10-23(24)37-16-26(33)31-21-6-4-5-17(2)11-21)13-25-27(34)32(28(35)38-25)15-19-8-9-20(29)14-22(19)30/h4-14H,3,15-16H2,1-2H3,(H,31,33)/b25-13-. The van der Waals surface area contributed by atoms with Crippen molar-refractivity contribution in [3.8, 4) is 11.5 Å². The number of aryl methyl sites for hydroxylation is 1. The first kappa shape index (κ1) is 27.6. The van der Waals surface area contributed by atoms with Crippen LogP contribution in [0, 0.1) is 6.92 Å². The van der Waals surface area contributed by atoms with E-state index in [4.69, 9.17) is 32.7 Å². The molecule has 4 rings (SSSR count). The lowest BCUT2D eigenvalue weighted by Gasteiger charge is -2.14. The summed E-state index contributed by atoms with van der Waals surface area (Å²) >= 11 is 13.0. The highest BCUT2D eigenvalue weighted by Crippen LogP contribution is 2.36. The molecular formula is C28H24Cl2N2O5S. The summed E-state index contributed by atoms with van der Waals surface area (Å²) in [5.41, 5.74) is 2.97. The molecule has 0 unspecified atom stereocenters. The number of carbonyl (C=O) groups is 3. The van der Waals surface area contributed by atoms with Crippen LogP contribution in [-0.4, -0.2) is 35.2 Å². The Morgan fingerprint density at radius 3 is 2.58 bits per heavy atom. The van der Waals surface area contributed by atoms with Crippen molar-refractivity contribution in [1.29, 1.82) is 0 Å². The molecule has 1 N–H and O–H groups in total. The summed E-state index contributed by atoms with van der Waals surface area (Å²) in [5.74, 6) is 0.0689. The molecule has 1 aliphatic rings. The highest BCUT2D eigenvalue weighted by molar-refractivity contribution is 8.18. The fourth-order valence-electron chi connectivity index (χ4n) is 3.67. The minimum Gasteiger partial charge on any atom is -0.490 e. The molecule has 0 atom stereocenters. The van der Waals surface area contributed by atoms with Gasteiger partial charge in [0.1, 0.15) is 0 Å². The molecule has 38 heavy (non-hydrogen) atoms. The van der Waals surface area contributed by atoms with E-state index in [1.54, 1.807) is 48.5 Å². The Morgan fingerprint density at radius 1 is 1.03 bits per heavy atom. The van der Waals surface area contributed by atoms with Gasteiger partial charge >= 0.3 is 0 Å². The summed E-state index contributed by atoms with van der Waals surface area (Å²) in [5, 5.41) is 3.25. The van der Waals surface area contributed by atoms with Gasteiger partial charge in [-0.2, -0.15) is 0 Å². The number of halogens is 2. The first-order valence-corrected chi connectivity index (χ1v) is 13.3. The maximum absolute atomic E-state index is 13.0. The van der Waals surface area contributed by atoms with E-state index in [9.17, 15) is 14.4 Å². The van der Waals surface area contributed by atoms with E-state index in [0.29, 0.717) is 45.0 Å². The smallest absolute Gasteiger partial charge is 0.293 e. The molecule has 0 aliphatic carbocycles. The fourth-order valence-corrected chi connectivity index (χ4v) is 4.98. The van der Waals surface area contributed by atoms with Gasteiger partial charge in [0.05, 0.1) is 18.1 Å². The Hall–Kier alpha value is -3.46. The summed E-state index contributed by atoms with van der Waals surface area (Å²) in [6.07, 6.45) is 1.62.